The van der Waals surface area contributed by atoms with Crippen LogP contribution in [0.25, 0.3) is 0 Å². The molecule has 4 heterocycles. The lowest BCUT2D eigenvalue weighted by Crippen LogP contribution is -2.40. The quantitative estimate of drug-likeness (QED) is 0.254. The van der Waals surface area contributed by atoms with Gasteiger partial charge in [0.1, 0.15) is 17.4 Å². The predicted octanol–water partition coefficient (Wildman–Crippen LogP) is 5.52. The lowest BCUT2D eigenvalue weighted by molar-refractivity contribution is 0.0766. The topological polar surface area (TPSA) is 115 Å². The van der Waals surface area contributed by atoms with Gasteiger partial charge in [0.2, 0.25) is 0 Å². The molecule has 2 aromatic rings. The standard InChI is InChI=1S/C26H28ClF4N5O5S2/c1-13-23(16-11-20(40-34-16)22-15(27)4-3-5-19(22)41-43(2,38)39)32-26(42-13)14-6-8-35(9-7-14)12-21(37)36-18(25(30)31)10-17(33-36)24(28)29/h3-5,10,13-14,20,23-25H,6-9,11-12H2,1-2H3. The van der Waals surface area contributed by atoms with E-state index in [0.717, 1.165) is 11.3 Å². The zero-order valence-electron chi connectivity index (χ0n) is 23.0. The molecule has 0 amide bonds. The van der Waals surface area contributed by atoms with E-state index in [2.05, 4.69) is 10.3 Å². The zero-order valence-corrected chi connectivity index (χ0v) is 25.4. The third kappa shape index (κ3) is 7.18. The van der Waals surface area contributed by atoms with Crippen LogP contribution in [0.15, 0.2) is 34.4 Å². The van der Waals surface area contributed by atoms with Crippen molar-refractivity contribution >= 4 is 50.1 Å². The van der Waals surface area contributed by atoms with Crippen LogP contribution in [0.3, 0.4) is 0 Å². The van der Waals surface area contributed by atoms with Crippen LogP contribution in [0.2, 0.25) is 5.02 Å². The molecular formula is C26H28ClF4N5O5S2. The second-order valence-corrected chi connectivity index (χ2v) is 13.9. The number of rotatable bonds is 9. The van der Waals surface area contributed by atoms with Crippen LogP contribution in [-0.2, 0) is 15.0 Å². The van der Waals surface area contributed by atoms with Crippen molar-refractivity contribution in [3.63, 3.8) is 0 Å². The lowest BCUT2D eigenvalue weighted by Gasteiger charge is -2.31. The summed E-state index contributed by atoms with van der Waals surface area (Å²) in [5.41, 5.74) is -0.619. The van der Waals surface area contributed by atoms with Crippen molar-refractivity contribution in [3.8, 4) is 5.75 Å². The molecule has 0 bridgehead atoms. The highest BCUT2D eigenvalue weighted by atomic mass is 35.5. The minimum atomic E-state index is -3.80. The van der Waals surface area contributed by atoms with Gasteiger partial charge in [-0.2, -0.15) is 18.2 Å². The summed E-state index contributed by atoms with van der Waals surface area (Å²) >= 11 is 8.01. The highest BCUT2D eigenvalue weighted by molar-refractivity contribution is 8.14. The molecule has 17 heteroatoms. The number of likely N-dealkylation sites (tertiary alicyclic amines) is 1. The Labute approximate surface area is 254 Å². The first-order valence-electron chi connectivity index (χ1n) is 13.4. The Kier molecular flexibility index (Phi) is 9.40. The van der Waals surface area contributed by atoms with E-state index in [1.54, 1.807) is 28.8 Å². The van der Waals surface area contributed by atoms with Gasteiger partial charge in [-0.15, -0.1) is 11.8 Å². The van der Waals surface area contributed by atoms with Crippen molar-refractivity contribution in [2.45, 2.75) is 56.4 Å². The van der Waals surface area contributed by atoms with Crippen LogP contribution >= 0.6 is 23.4 Å². The average Bonchev–Trinajstić information content (AvgIpc) is 3.67. The fourth-order valence-electron chi connectivity index (χ4n) is 5.34. The van der Waals surface area contributed by atoms with E-state index >= 15 is 0 Å². The number of aliphatic imine (C=N–C) groups is 1. The minimum Gasteiger partial charge on any atom is -0.387 e. The fourth-order valence-corrected chi connectivity index (χ4v) is 7.43. The van der Waals surface area contributed by atoms with E-state index < -0.39 is 46.4 Å². The Morgan fingerprint density at radius 2 is 1.93 bits per heavy atom. The summed E-state index contributed by atoms with van der Waals surface area (Å²) in [6.07, 6.45) is -4.20. The first-order valence-corrected chi connectivity index (χ1v) is 16.4. The van der Waals surface area contributed by atoms with Gasteiger partial charge in [0.15, 0.2) is 11.9 Å². The van der Waals surface area contributed by atoms with Gasteiger partial charge >= 0.3 is 10.1 Å². The molecule has 0 spiro atoms. The number of hydrogen-bond acceptors (Lipinski definition) is 10. The van der Waals surface area contributed by atoms with Crippen LogP contribution in [0.5, 0.6) is 5.75 Å². The summed E-state index contributed by atoms with van der Waals surface area (Å²) in [7, 11) is -3.80. The molecule has 0 aliphatic carbocycles. The SMILES string of the molecule is CC1SC(C2CCN(CC(=O)n3nc(C(F)F)cc3C(F)F)CC2)=NC1C1=NOC(c2c(Cl)cccc2OS(C)(=O)=O)C1. The van der Waals surface area contributed by atoms with Crippen LogP contribution in [0.1, 0.15) is 66.9 Å². The molecule has 3 aliphatic rings. The zero-order chi connectivity index (χ0) is 31.1. The third-order valence-electron chi connectivity index (χ3n) is 7.36. The molecule has 0 saturated carbocycles. The molecule has 3 unspecified atom stereocenters. The van der Waals surface area contributed by atoms with Crippen LogP contribution < -0.4 is 4.18 Å². The van der Waals surface area contributed by atoms with Gasteiger partial charge in [0.05, 0.1) is 34.1 Å². The summed E-state index contributed by atoms with van der Waals surface area (Å²) in [5, 5.41) is 8.97. The number of hydrogen-bond donors (Lipinski definition) is 0. The van der Waals surface area contributed by atoms with Crippen LogP contribution in [0, 0.1) is 5.92 Å². The van der Waals surface area contributed by atoms with E-state index in [4.69, 9.17) is 25.6 Å². The maximum Gasteiger partial charge on any atom is 0.306 e. The van der Waals surface area contributed by atoms with Crippen molar-refractivity contribution in [3.05, 3.63) is 46.2 Å². The fraction of sp³-hybridized carbons (Fsp3) is 0.538. The lowest BCUT2D eigenvalue weighted by atomic mass is 9.96. The van der Waals surface area contributed by atoms with Gasteiger partial charge in [-0.1, -0.05) is 29.7 Å². The molecule has 0 radical (unpaired) electrons. The second-order valence-electron chi connectivity index (χ2n) is 10.5. The van der Waals surface area contributed by atoms with Crippen molar-refractivity contribution < 1.29 is 39.8 Å². The molecule has 1 saturated heterocycles. The molecule has 234 valence electrons. The van der Waals surface area contributed by atoms with Gasteiger partial charge < -0.3 is 9.02 Å². The number of piperidine rings is 1. The summed E-state index contributed by atoms with van der Waals surface area (Å²) in [4.78, 5) is 25.1. The second kappa shape index (κ2) is 12.7. The highest BCUT2D eigenvalue weighted by Crippen LogP contribution is 2.42. The van der Waals surface area contributed by atoms with Gasteiger partial charge in [-0.3, -0.25) is 14.7 Å². The molecule has 3 atom stereocenters. The molecule has 3 aliphatic heterocycles. The summed E-state index contributed by atoms with van der Waals surface area (Å²) in [6.45, 7) is 2.78. The maximum atomic E-state index is 13.3. The molecule has 5 rings (SSSR count). The van der Waals surface area contributed by atoms with E-state index in [-0.39, 0.29) is 29.5 Å². The Bertz CT molecular complexity index is 1550. The number of nitrogens with zero attached hydrogens (tertiary/aromatic N) is 5. The van der Waals surface area contributed by atoms with E-state index in [1.807, 2.05) is 6.92 Å². The van der Waals surface area contributed by atoms with Gasteiger partial charge in [0, 0.05) is 17.6 Å². The number of thioether (sulfide) groups is 1. The molecule has 0 N–H and O–H groups in total. The molecular weight excluding hydrogens is 638 g/mol. The van der Waals surface area contributed by atoms with Gasteiger partial charge in [-0.25, -0.2) is 17.6 Å². The Morgan fingerprint density at radius 3 is 2.58 bits per heavy atom. The van der Waals surface area contributed by atoms with E-state index in [0.29, 0.717) is 59.4 Å². The number of carbonyl (C=O) groups is 1. The Balaban J connectivity index is 1.19. The Morgan fingerprint density at radius 1 is 1.21 bits per heavy atom. The van der Waals surface area contributed by atoms with Crippen molar-refractivity contribution in [1.29, 1.82) is 0 Å². The van der Waals surface area contributed by atoms with E-state index in [1.165, 1.54) is 6.07 Å². The Hall–Kier alpha value is -2.69. The highest BCUT2D eigenvalue weighted by Gasteiger charge is 2.40. The maximum absolute atomic E-state index is 13.3. The summed E-state index contributed by atoms with van der Waals surface area (Å²) in [5.74, 6) is -0.598. The summed E-state index contributed by atoms with van der Waals surface area (Å²) < 4.78 is 81.6. The number of oxime groups is 1. The number of halogens is 5. The van der Waals surface area contributed by atoms with Crippen LogP contribution in [-0.4, -0.2) is 76.9 Å². The molecule has 1 aromatic carbocycles. The molecule has 10 nitrogen and oxygen atoms in total. The third-order valence-corrected chi connectivity index (χ3v) is 9.48. The van der Waals surface area contributed by atoms with Crippen molar-refractivity contribution in [2.75, 3.05) is 25.9 Å². The van der Waals surface area contributed by atoms with Crippen molar-refractivity contribution in [1.82, 2.24) is 14.7 Å². The van der Waals surface area contributed by atoms with Crippen molar-refractivity contribution in [2.24, 2.45) is 16.1 Å². The number of aromatic nitrogens is 2. The monoisotopic (exact) mass is 665 g/mol. The smallest absolute Gasteiger partial charge is 0.306 e. The van der Waals surface area contributed by atoms with Gasteiger partial charge in [-0.05, 0) is 44.1 Å². The van der Waals surface area contributed by atoms with Gasteiger partial charge in [0.25, 0.3) is 18.8 Å². The van der Waals surface area contributed by atoms with Crippen LogP contribution in [0.4, 0.5) is 17.6 Å². The molecule has 1 aromatic heterocycles. The average molecular weight is 666 g/mol. The van der Waals surface area contributed by atoms with E-state index in [9.17, 15) is 30.8 Å². The first kappa shape index (κ1) is 31.7. The molecule has 1 fully saturated rings. The minimum absolute atomic E-state index is 0.0605. The number of carbonyl (C=O) groups excluding carboxylic acids is 1. The number of benzene rings is 1. The summed E-state index contributed by atoms with van der Waals surface area (Å²) in [6, 6.07) is 5.00. The largest absolute Gasteiger partial charge is 0.387 e. The normalized spacial score (nSPS) is 23.5. The predicted molar refractivity (Wildman–Crippen MR) is 153 cm³/mol. The number of alkyl halides is 4. The first-order chi connectivity index (χ1) is 20.3. The molecule has 43 heavy (non-hydrogen) atoms.